The summed E-state index contributed by atoms with van der Waals surface area (Å²) >= 11 is 1.46. The molecule has 0 atom stereocenters. The second-order valence-corrected chi connectivity index (χ2v) is 9.29. The van der Waals surface area contributed by atoms with Crippen LogP contribution in [-0.4, -0.2) is 39.6 Å². The molecule has 0 unspecified atom stereocenters. The quantitative estimate of drug-likeness (QED) is 0.646. The van der Waals surface area contributed by atoms with E-state index < -0.39 is 0 Å². The van der Waals surface area contributed by atoms with Crippen LogP contribution in [0.3, 0.4) is 0 Å². The van der Waals surface area contributed by atoms with Crippen molar-refractivity contribution in [3.63, 3.8) is 0 Å². The van der Waals surface area contributed by atoms with Crippen LogP contribution in [0, 0.1) is 11.8 Å². The number of nitrogens with one attached hydrogen (secondary N) is 1. The van der Waals surface area contributed by atoms with Gasteiger partial charge in [-0.05, 0) is 61.8 Å². The van der Waals surface area contributed by atoms with Gasteiger partial charge in [0.15, 0.2) is 11.0 Å². The summed E-state index contributed by atoms with van der Waals surface area (Å²) < 4.78 is 7.36. The largest absolute Gasteiger partial charge is 0.497 e. The van der Waals surface area contributed by atoms with Gasteiger partial charge in [-0.2, -0.15) is 0 Å². The molecule has 1 fully saturated rings. The minimum atomic E-state index is 0.0830. The highest BCUT2D eigenvalue weighted by molar-refractivity contribution is 7.99. The zero-order chi connectivity index (χ0) is 20.8. The molecule has 3 rings (SSSR count). The Morgan fingerprint density at radius 1 is 1.21 bits per heavy atom. The van der Waals surface area contributed by atoms with Crippen LogP contribution in [0.4, 0.5) is 0 Å². The molecule has 0 bridgehead atoms. The summed E-state index contributed by atoms with van der Waals surface area (Å²) in [7, 11) is 1.66. The molecular formula is C22H32N4O2S. The third kappa shape index (κ3) is 5.98. The standard InChI is InChI=1S/C22H32N4O2S/c1-15(2)13-26-21(17-7-11-19(28-4)12-8-17)24-25-22(26)29-14-20(27)23-18-9-5-16(3)6-10-18/h7-8,11-12,15-16,18H,5-6,9-10,13-14H2,1-4H3,(H,23,27). The second-order valence-electron chi connectivity index (χ2n) is 8.35. The SMILES string of the molecule is COc1ccc(-c2nnc(SCC(=O)NC3CCC(C)CC3)n2CC(C)C)cc1. The van der Waals surface area contributed by atoms with Crippen LogP contribution in [0.25, 0.3) is 11.4 Å². The number of carbonyl (C=O) groups is 1. The molecule has 0 aliphatic heterocycles. The summed E-state index contributed by atoms with van der Waals surface area (Å²) in [6, 6.07) is 8.16. The summed E-state index contributed by atoms with van der Waals surface area (Å²) in [6.07, 6.45) is 4.57. The maximum atomic E-state index is 12.4. The van der Waals surface area contributed by atoms with Gasteiger partial charge in [0.05, 0.1) is 12.9 Å². The molecule has 1 saturated carbocycles. The Balaban J connectivity index is 1.66. The van der Waals surface area contributed by atoms with E-state index in [-0.39, 0.29) is 5.91 Å². The number of benzene rings is 1. The Morgan fingerprint density at radius 3 is 2.52 bits per heavy atom. The molecule has 1 aromatic carbocycles. The lowest BCUT2D eigenvalue weighted by atomic mass is 9.87. The van der Waals surface area contributed by atoms with E-state index in [0.717, 1.165) is 47.6 Å². The smallest absolute Gasteiger partial charge is 0.230 e. The minimum Gasteiger partial charge on any atom is -0.497 e. The van der Waals surface area contributed by atoms with Gasteiger partial charge in [-0.15, -0.1) is 10.2 Å². The first kappa shape index (κ1) is 21.7. The van der Waals surface area contributed by atoms with Gasteiger partial charge >= 0.3 is 0 Å². The maximum Gasteiger partial charge on any atom is 0.230 e. The van der Waals surface area contributed by atoms with Crippen molar-refractivity contribution in [3.05, 3.63) is 24.3 Å². The van der Waals surface area contributed by atoms with Gasteiger partial charge in [0.25, 0.3) is 0 Å². The summed E-state index contributed by atoms with van der Waals surface area (Å²) in [5.41, 5.74) is 0.992. The lowest BCUT2D eigenvalue weighted by molar-refractivity contribution is -0.119. The molecule has 1 aliphatic rings. The van der Waals surface area contributed by atoms with E-state index in [2.05, 4.69) is 40.9 Å². The monoisotopic (exact) mass is 416 g/mol. The molecule has 1 N–H and O–H groups in total. The first-order valence-corrected chi connectivity index (χ1v) is 11.4. The van der Waals surface area contributed by atoms with Gasteiger partial charge in [-0.25, -0.2) is 0 Å². The number of hydrogen-bond acceptors (Lipinski definition) is 5. The lowest BCUT2D eigenvalue weighted by Gasteiger charge is -2.26. The number of ether oxygens (including phenoxy) is 1. The second kappa shape index (κ2) is 10.1. The van der Waals surface area contributed by atoms with Crippen molar-refractivity contribution in [2.24, 2.45) is 11.8 Å². The molecule has 0 spiro atoms. The van der Waals surface area contributed by atoms with Crippen molar-refractivity contribution in [3.8, 4) is 17.1 Å². The maximum absolute atomic E-state index is 12.4. The van der Waals surface area contributed by atoms with Crippen LogP contribution in [0.5, 0.6) is 5.75 Å². The highest BCUT2D eigenvalue weighted by atomic mass is 32.2. The van der Waals surface area contributed by atoms with Crippen molar-refractivity contribution >= 4 is 17.7 Å². The fourth-order valence-corrected chi connectivity index (χ4v) is 4.44. The third-order valence-corrected chi connectivity index (χ3v) is 6.29. The normalized spacial score (nSPS) is 19.3. The number of carbonyl (C=O) groups excluding carboxylic acids is 1. The number of methoxy groups -OCH3 is 1. The molecule has 6 nitrogen and oxygen atoms in total. The molecule has 7 heteroatoms. The topological polar surface area (TPSA) is 69.0 Å². The third-order valence-electron chi connectivity index (χ3n) is 5.33. The Kier molecular flexibility index (Phi) is 7.58. The van der Waals surface area contributed by atoms with E-state index in [1.165, 1.54) is 24.6 Å². The van der Waals surface area contributed by atoms with Crippen molar-refractivity contribution in [2.45, 2.75) is 64.2 Å². The average molecular weight is 417 g/mol. The molecule has 1 heterocycles. The fraction of sp³-hybridized carbons (Fsp3) is 0.591. The zero-order valence-electron chi connectivity index (χ0n) is 17.9. The molecule has 1 aliphatic carbocycles. The highest BCUT2D eigenvalue weighted by Gasteiger charge is 2.21. The van der Waals surface area contributed by atoms with E-state index in [0.29, 0.717) is 17.7 Å². The molecule has 0 saturated heterocycles. The highest BCUT2D eigenvalue weighted by Crippen LogP contribution is 2.27. The van der Waals surface area contributed by atoms with Crippen molar-refractivity contribution < 1.29 is 9.53 Å². The molecule has 0 radical (unpaired) electrons. The van der Waals surface area contributed by atoms with Crippen LogP contribution >= 0.6 is 11.8 Å². The van der Waals surface area contributed by atoms with Gasteiger partial charge in [-0.1, -0.05) is 32.5 Å². The summed E-state index contributed by atoms with van der Waals surface area (Å²) in [5.74, 6) is 3.31. The number of nitrogens with zero attached hydrogens (tertiary/aromatic N) is 3. The van der Waals surface area contributed by atoms with E-state index in [4.69, 9.17) is 4.74 Å². The van der Waals surface area contributed by atoms with Gasteiger partial charge in [0.1, 0.15) is 5.75 Å². The van der Waals surface area contributed by atoms with Crippen LogP contribution < -0.4 is 10.1 Å². The van der Waals surface area contributed by atoms with Crippen molar-refractivity contribution in [2.75, 3.05) is 12.9 Å². The first-order chi connectivity index (χ1) is 14.0. The molecule has 1 aromatic heterocycles. The summed E-state index contributed by atoms with van der Waals surface area (Å²) in [5, 5.41) is 12.8. The Bertz CT molecular complexity index is 796. The lowest BCUT2D eigenvalue weighted by Crippen LogP contribution is -2.38. The molecule has 1 amide bonds. The zero-order valence-corrected chi connectivity index (χ0v) is 18.7. The van der Waals surface area contributed by atoms with E-state index in [1.54, 1.807) is 7.11 Å². The molecule has 29 heavy (non-hydrogen) atoms. The minimum absolute atomic E-state index is 0.0830. The Labute approximate surface area is 177 Å². The van der Waals surface area contributed by atoms with Gasteiger partial charge < -0.3 is 14.6 Å². The predicted octanol–water partition coefficient (Wildman–Crippen LogP) is 4.40. The molecule has 158 valence electrons. The Morgan fingerprint density at radius 2 is 1.90 bits per heavy atom. The number of amides is 1. The number of hydrogen-bond donors (Lipinski definition) is 1. The van der Waals surface area contributed by atoms with E-state index >= 15 is 0 Å². The van der Waals surface area contributed by atoms with Gasteiger partial charge in [-0.3, -0.25) is 4.79 Å². The van der Waals surface area contributed by atoms with Gasteiger partial charge in [0.2, 0.25) is 5.91 Å². The number of aromatic nitrogens is 3. The summed E-state index contributed by atoms with van der Waals surface area (Å²) in [6.45, 7) is 7.43. The van der Waals surface area contributed by atoms with Crippen molar-refractivity contribution in [1.29, 1.82) is 0 Å². The van der Waals surface area contributed by atoms with Crippen molar-refractivity contribution in [1.82, 2.24) is 20.1 Å². The Hall–Kier alpha value is -2.02. The van der Waals surface area contributed by atoms with Gasteiger partial charge in [0, 0.05) is 18.2 Å². The van der Waals surface area contributed by atoms with E-state index in [1.807, 2.05) is 24.3 Å². The average Bonchev–Trinajstić information content (AvgIpc) is 3.10. The fourth-order valence-electron chi connectivity index (χ4n) is 3.68. The van der Waals surface area contributed by atoms with Crippen LogP contribution in [0.2, 0.25) is 0 Å². The summed E-state index contributed by atoms with van der Waals surface area (Å²) in [4.78, 5) is 12.4. The number of rotatable bonds is 8. The number of thioether (sulfide) groups is 1. The van der Waals surface area contributed by atoms with Crippen LogP contribution in [0.15, 0.2) is 29.4 Å². The predicted molar refractivity (Wildman–Crippen MR) is 117 cm³/mol. The molecular weight excluding hydrogens is 384 g/mol. The first-order valence-electron chi connectivity index (χ1n) is 10.5. The van der Waals surface area contributed by atoms with Crippen LogP contribution in [0.1, 0.15) is 46.5 Å². The molecule has 2 aromatic rings. The van der Waals surface area contributed by atoms with Crippen LogP contribution in [-0.2, 0) is 11.3 Å². The van der Waals surface area contributed by atoms with E-state index in [9.17, 15) is 4.79 Å².